The zero-order chi connectivity index (χ0) is 8.69. The Labute approximate surface area is 62.6 Å². The van der Waals surface area contributed by atoms with Gasteiger partial charge in [0.25, 0.3) is 0 Å². The normalized spacial score (nSPS) is 9.18. The van der Waals surface area contributed by atoms with Crippen molar-refractivity contribution in [2.24, 2.45) is 0 Å². The molecule has 0 aliphatic carbocycles. The molecule has 0 heterocycles. The molecule has 0 aromatic carbocycles. The molecular formula is C6H6O5. The second-order valence-electron chi connectivity index (χ2n) is 1.39. The van der Waals surface area contributed by atoms with Crippen LogP contribution < -0.4 is 0 Å². The summed E-state index contributed by atoms with van der Waals surface area (Å²) in [6, 6.07) is 0. The van der Waals surface area contributed by atoms with Crippen LogP contribution >= 0.6 is 0 Å². The average molecular weight is 158 g/mol. The van der Waals surface area contributed by atoms with Gasteiger partial charge in [0.2, 0.25) is 0 Å². The minimum Gasteiger partial charge on any atom is -0.466 e. The van der Waals surface area contributed by atoms with Gasteiger partial charge in [-0.25, -0.2) is 9.59 Å². The lowest BCUT2D eigenvalue weighted by molar-refractivity contribution is -0.147. The summed E-state index contributed by atoms with van der Waals surface area (Å²) in [6.45, 7) is -0.0239. The van der Waals surface area contributed by atoms with Gasteiger partial charge in [-0.2, -0.15) is 0 Å². The Morgan fingerprint density at radius 1 is 1.18 bits per heavy atom. The number of ether oxygens (including phenoxy) is 2. The predicted octanol–water partition coefficient (Wildman–Crippen LogP) is -0.585. The van der Waals surface area contributed by atoms with E-state index in [0.717, 1.165) is 19.3 Å². The Morgan fingerprint density at radius 3 is 2.18 bits per heavy atom. The maximum absolute atomic E-state index is 10.3. The number of carbonyl (C=O) groups is 3. The van der Waals surface area contributed by atoms with Crippen LogP contribution in [0, 0.1) is 0 Å². The minimum atomic E-state index is -0.912. The van der Waals surface area contributed by atoms with Crippen LogP contribution in [0.3, 0.4) is 0 Å². The van der Waals surface area contributed by atoms with Gasteiger partial charge in [-0.3, -0.25) is 4.79 Å². The fourth-order valence-electron chi connectivity index (χ4n) is 0.291. The van der Waals surface area contributed by atoms with Crippen LogP contribution in [-0.2, 0) is 23.9 Å². The van der Waals surface area contributed by atoms with Crippen molar-refractivity contribution in [3.8, 4) is 0 Å². The molecule has 11 heavy (non-hydrogen) atoms. The third kappa shape index (κ3) is 4.83. The summed E-state index contributed by atoms with van der Waals surface area (Å²) in [5.74, 6) is -1.60. The summed E-state index contributed by atoms with van der Waals surface area (Å²) < 4.78 is 7.98. The summed E-state index contributed by atoms with van der Waals surface area (Å²) in [7, 11) is 1.16. The van der Waals surface area contributed by atoms with E-state index >= 15 is 0 Å². The van der Waals surface area contributed by atoms with Gasteiger partial charge in [-0.15, -0.1) is 0 Å². The van der Waals surface area contributed by atoms with Gasteiger partial charge in [0.05, 0.1) is 7.11 Å². The van der Waals surface area contributed by atoms with Crippen molar-refractivity contribution in [3.63, 3.8) is 0 Å². The van der Waals surface area contributed by atoms with E-state index in [0.29, 0.717) is 0 Å². The first kappa shape index (κ1) is 9.35. The van der Waals surface area contributed by atoms with Crippen LogP contribution in [-0.4, -0.2) is 25.5 Å². The lowest BCUT2D eigenvalue weighted by atomic mass is 10.5. The molecule has 0 saturated heterocycles. The van der Waals surface area contributed by atoms with E-state index in [2.05, 4.69) is 9.47 Å². The van der Waals surface area contributed by atoms with Gasteiger partial charge in [-0.1, -0.05) is 0 Å². The molecule has 0 aliphatic heterocycles. The highest BCUT2D eigenvalue weighted by Crippen LogP contribution is 1.80. The molecule has 0 aliphatic rings. The second-order valence-corrected chi connectivity index (χ2v) is 1.39. The summed E-state index contributed by atoms with van der Waals surface area (Å²) in [5, 5.41) is 0. The predicted molar refractivity (Wildman–Crippen MR) is 33.3 cm³/mol. The van der Waals surface area contributed by atoms with Crippen LogP contribution in [0.25, 0.3) is 0 Å². The highest BCUT2D eigenvalue weighted by molar-refractivity contribution is 5.93. The molecule has 0 atom stereocenters. The minimum absolute atomic E-state index is 0.0239. The van der Waals surface area contributed by atoms with Crippen LogP contribution in [0.5, 0.6) is 0 Å². The zero-order valence-corrected chi connectivity index (χ0v) is 5.77. The Bertz CT molecular complexity index is 193. The van der Waals surface area contributed by atoms with E-state index in [9.17, 15) is 14.4 Å². The first-order chi connectivity index (χ1) is 5.20. The Balaban J connectivity index is 3.82. The van der Waals surface area contributed by atoms with Gasteiger partial charge in [0.1, 0.15) is 0 Å². The zero-order valence-electron chi connectivity index (χ0n) is 5.77. The molecule has 0 amide bonds. The van der Waals surface area contributed by atoms with Crippen LogP contribution in [0.2, 0.25) is 0 Å². The average Bonchev–Trinajstić information content (AvgIpc) is 2.01. The molecule has 0 fully saturated rings. The molecule has 0 spiro atoms. The number of rotatable bonds is 3. The van der Waals surface area contributed by atoms with Crippen molar-refractivity contribution in [3.05, 3.63) is 12.2 Å². The van der Waals surface area contributed by atoms with Crippen molar-refractivity contribution in [2.45, 2.75) is 0 Å². The molecule has 60 valence electrons. The molecule has 0 aromatic heterocycles. The molecule has 5 heteroatoms. The molecule has 5 nitrogen and oxygen atoms in total. The molecule has 0 bridgehead atoms. The van der Waals surface area contributed by atoms with Crippen molar-refractivity contribution >= 4 is 18.4 Å². The maximum atomic E-state index is 10.3. The van der Waals surface area contributed by atoms with Gasteiger partial charge >= 0.3 is 18.4 Å². The van der Waals surface area contributed by atoms with Gasteiger partial charge in [-0.05, 0) is 0 Å². The number of hydrogen-bond donors (Lipinski definition) is 0. The van der Waals surface area contributed by atoms with E-state index in [1.54, 1.807) is 0 Å². The molecule has 0 radical (unpaired) electrons. The quantitative estimate of drug-likeness (QED) is 0.238. The standard InChI is InChI=1S/C6H6O5/c1-10-5(8)2-3-6(9)11-4-7/h2-4H,1H3/b3-2-. The first-order valence-corrected chi connectivity index (χ1v) is 2.61. The lowest BCUT2D eigenvalue weighted by Gasteiger charge is -1.88. The third-order valence-corrected chi connectivity index (χ3v) is 0.721. The highest BCUT2D eigenvalue weighted by Gasteiger charge is 1.96. The van der Waals surface area contributed by atoms with E-state index in [1.807, 2.05) is 0 Å². The molecule has 0 rings (SSSR count). The van der Waals surface area contributed by atoms with Crippen molar-refractivity contribution in [1.82, 2.24) is 0 Å². The number of methoxy groups -OCH3 is 1. The Hall–Kier alpha value is -1.65. The lowest BCUT2D eigenvalue weighted by Crippen LogP contribution is -2.00. The van der Waals surface area contributed by atoms with Crippen molar-refractivity contribution in [2.75, 3.05) is 7.11 Å². The maximum Gasteiger partial charge on any atom is 0.338 e. The van der Waals surface area contributed by atoms with Gasteiger partial charge in [0.15, 0.2) is 0 Å². The van der Waals surface area contributed by atoms with E-state index in [4.69, 9.17) is 0 Å². The van der Waals surface area contributed by atoms with E-state index in [1.165, 1.54) is 0 Å². The molecular weight excluding hydrogens is 152 g/mol. The second kappa shape index (κ2) is 5.16. The SMILES string of the molecule is COC(=O)/C=C\C(=O)OC=O. The van der Waals surface area contributed by atoms with Crippen LogP contribution in [0.15, 0.2) is 12.2 Å². The number of carbonyl (C=O) groups excluding carboxylic acids is 3. The topological polar surface area (TPSA) is 69.7 Å². The number of esters is 2. The van der Waals surface area contributed by atoms with Gasteiger partial charge in [0, 0.05) is 12.2 Å². The van der Waals surface area contributed by atoms with Crippen molar-refractivity contribution < 1.29 is 23.9 Å². The summed E-state index contributed by atoms with van der Waals surface area (Å²) >= 11 is 0. The monoisotopic (exact) mass is 158 g/mol. The largest absolute Gasteiger partial charge is 0.466 e. The smallest absolute Gasteiger partial charge is 0.338 e. The third-order valence-electron chi connectivity index (χ3n) is 0.721. The molecule has 0 N–H and O–H groups in total. The fraction of sp³-hybridized carbons (Fsp3) is 0.167. The first-order valence-electron chi connectivity index (χ1n) is 2.61. The molecule has 0 saturated carbocycles. The van der Waals surface area contributed by atoms with Crippen LogP contribution in [0.1, 0.15) is 0 Å². The molecule has 0 aromatic rings. The summed E-state index contributed by atoms with van der Waals surface area (Å²) in [5.41, 5.74) is 0. The van der Waals surface area contributed by atoms with Crippen molar-refractivity contribution in [1.29, 1.82) is 0 Å². The van der Waals surface area contributed by atoms with Crippen LogP contribution in [0.4, 0.5) is 0 Å². The summed E-state index contributed by atoms with van der Waals surface area (Å²) in [6.07, 6.45) is 1.64. The Kier molecular flexibility index (Phi) is 4.39. The van der Waals surface area contributed by atoms with Gasteiger partial charge < -0.3 is 9.47 Å². The molecule has 0 unspecified atom stereocenters. The summed E-state index contributed by atoms with van der Waals surface area (Å²) in [4.78, 5) is 30.2. The van der Waals surface area contributed by atoms with E-state index in [-0.39, 0.29) is 6.47 Å². The highest BCUT2D eigenvalue weighted by atomic mass is 16.6. The fourth-order valence-corrected chi connectivity index (χ4v) is 0.291. The Morgan fingerprint density at radius 2 is 1.73 bits per heavy atom. The van der Waals surface area contributed by atoms with E-state index < -0.39 is 11.9 Å². The number of hydrogen-bond acceptors (Lipinski definition) is 5.